The van der Waals surface area contributed by atoms with E-state index in [-0.39, 0.29) is 6.61 Å². The lowest BCUT2D eigenvalue weighted by Crippen LogP contribution is -2.41. The SMILES string of the molecule is CC(C)C(C)N(C)CCCC(C)(N)CO. The Morgan fingerprint density at radius 1 is 1.33 bits per heavy atom. The lowest BCUT2D eigenvalue weighted by molar-refractivity contribution is 0.174. The summed E-state index contributed by atoms with van der Waals surface area (Å²) in [6.45, 7) is 9.74. The minimum Gasteiger partial charge on any atom is -0.394 e. The van der Waals surface area contributed by atoms with Crippen LogP contribution in [0.1, 0.15) is 40.5 Å². The fourth-order valence-electron chi connectivity index (χ4n) is 1.52. The monoisotopic (exact) mass is 216 g/mol. The number of aliphatic hydroxyl groups excluding tert-OH is 1. The van der Waals surface area contributed by atoms with Gasteiger partial charge in [-0.3, -0.25) is 0 Å². The predicted octanol–water partition coefficient (Wildman–Crippen LogP) is 1.45. The van der Waals surface area contributed by atoms with Gasteiger partial charge in [-0.15, -0.1) is 0 Å². The Morgan fingerprint density at radius 2 is 1.87 bits per heavy atom. The molecular formula is C12H28N2O. The first-order chi connectivity index (χ1) is 6.80. The molecular weight excluding hydrogens is 188 g/mol. The molecule has 0 aromatic carbocycles. The summed E-state index contributed by atoms with van der Waals surface area (Å²) < 4.78 is 0. The van der Waals surface area contributed by atoms with Gasteiger partial charge in [0.2, 0.25) is 0 Å². The Labute approximate surface area is 94.6 Å². The first-order valence-corrected chi connectivity index (χ1v) is 5.90. The molecule has 2 atom stereocenters. The number of rotatable bonds is 7. The summed E-state index contributed by atoms with van der Waals surface area (Å²) in [5.74, 6) is 0.678. The van der Waals surface area contributed by atoms with Gasteiger partial charge in [-0.1, -0.05) is 13.8 Å². The zero-order valence-corrected chi connectivity index (χ0v) is 11.0. The van der Waals surface area contributed by atoms with E-state index >= 15 is 0 Å². The van der Waals surface area contributed by atoms with Crippen LogP contribution in [-0.4, -0.2) is 41.8 Å². The molecule has 0 aliphatic rings. The normalized spacial score (nSPS) is 18.2. The van der Waals surface area contributed by atoms with Crippen LogP contribution >= 0.6 is 0 Å². The quantitative estimate of drug-likeness (QED) is 0.677. The zero-order chi connectivity index (χ0) is 12.1. The molecule has 0 spiro atoms. The van der Waals surface area contributed by atoms with Crippen LogP contribution in [-0.2, 0) is 0 Å². The van der Waals surface area contributed by atoms with Gasteiger partial charge in [-0.2, -0.15) is 0 Å². The molecule has 0 saturated carbocycles. The van der Waals surface area contributed by atoms with E-state index in [1.807, 2.05) is 6.92 Å². The van der Waals surface area contributed by atoms with Gasteiger partial charge in [0.1, 0.15) is 0 Å². The molecule has 0 aliphatic carbocycles. The highest BCUT2D eigenvalue weighted by Crippen LogP contribution is 2.12. The standard InChI is InChI=1S/C12H28N2O/c1-10(2)11(3)14(5)8-6-7-12(4,13)9-15/h10-11,15H,6-9,13H2,1-5H3. The van der Waals surface area contributed by atoms with Gasteiger partial charge in [-0.25, -0.2) is 0 Å². The number of nitrogens with zero attached hydrogens (tertiary/aromatic N) is 1. The molecule has 0 aromatic heterocycles. The highest BCUT2D eigenvalue weighted by atomic mass is 16.3. The van der Waals surface area contributed by atoms with Crippen LogP contribution in [0.3, 0.4) is 0 Å². The van der Waals surface area contributed by atoms with Crippen molar-refractivity contribution in [3.8, 4) is 0 Å². The highest BCUT2D eigenvalue weighted by Gasteiger charge is 2.18. The molecule has 15 heavy (non-hydrogen) atoms. The number of hydrogen-bond donors (Lipinski definition) is 2. The molecule has 0 amide bonds. The van der Waals surface area contributed by atoms with E-state index in [0.717, 1.165) is 19.4 Å². The summed E-state index contributed by atoms with van der Waals surface area (Å²) in [6.07, 6.45) is 1.92. The van der Waals surface area contributed by atoms with Gasteiger partial charge in [0.05, 0.1) is 6.61 Å². The molecule has 3 nitrogen and oxygen atoms in total. The maximum absolute atomic E-state index is 9.02. The molecule has 2 unspecified atom stereocenters. The summed E-state index contributed by atoms with van der Waals surface area (Å²) in [7, 11) is 2.15. The van der Waals surface area contributed by atoms with Crippen LogP contribution in [0, 0.1) is 5.92 Å². The Balaban J connectivity index is 3.77. The van der Waals surface area contributed by atoms with Crippen LogP contribution in [0.4, 0.5) is 0 Å². The van der Waals surface area contributed by atoms with E-state index in [0.29, 0.717) is 12.0 Å². The average Bonchev–Trinajstić information content (AvgIpc) is 2.16. The molecule has 3 N–H and O–H groups in total. The number of hydrogen-bond acceptors (Lipinski definition) is 3. The van der Waals surface area contributed by atoms with Gasteiger partial charge in [-0.05, 0) is 46.2 Å². The molecule has 0 aromatic rings. The molecule has 92 valence electrons. The van der Waals surface area contributed by atoms with Crippen LogP contribution < -0.4 is 5.73 Å². The number of aliphatic hydroxyl groups is 1. The molecule has 0 rings (SSSR count). The fraction of sp³-hybridized carbons (Fsp3) is 1.00. The van der Waals surface area contributed by atoms with E-state index < -0.39 is 5.54 Å². The smallest absolute Gasteiger partial charge is 0.0608 e. The minimum absolute atomic E-state index is 0.0659. The van der Waals surface area contributed by atoms with Gasteiger partial charge in [0.25, 0.3) is 0 Å². The second-order valence-corrected chi connectivity index (χ2v) is 5.38. The fourth-order valence-corrected chi connectivity index (χ4v) is 1.52. The highest BCUT2D eigenvalue weighted by molar-refractivity contribution is 4.78. The molecule has 0 radical (unpaired) electrons. The molecule has 0 saturated heterocycles. The van der Waals surface area contributed by atoms with Crippen LogP contribution in [0.5, 0.6) is 0 Å². The molecule has 0 bridgehead atoms. The molecule has 0 aliphatic heterocycles. The summed E-state index contributed by atoms with van der Waals surface area (Å²) in [6, 6.07) is 0.600. The third-order valence-electron chi connectivity index (χ3n) is 3.28. The van der Waals surface area contributed by atoms with Crippen LogP contribution in [0.2, 0.25) is 0 Å². The van der Waals surface area contributed by atoms with Crippen LogP contribution in [0.25, 0.3) is 0 Å². The Kier molecular flexibility index (Phi) is 6.41. The summed E-state index contributed by atoms with van der Waals surface area (Å²) in [5.41, 5.74) is 5.45. The van der Waals surface area contributed by atoms with E-state index in [1.165, 1.54) is 0 Å². The summed E-state index contributed by atoms with van der Waals surface area (Å²) >= 11 is 0. The van der Waals surface area contributed by atoms with E-state index in [2.05, 4.69) is 32.7 Å². The largest absolute Gasteiger partial charge is 0.394 e. The van der Waals surface area contributed by atoms with Crippen molar-refractivity contribution in [3.63, 3.8) is 0 Å². The molecule has 3 heteroatoms. The van der Waals surface area contributed by atoms with Gasteiger partial charge in [0.15, 0.2) is 0 Å². The van der Waals surface area contributed by atoms with Crippen molar-refractivity contribution in [2.45, 2.75) is 52.1 Å². The van der Waals surface area contributed by atoms with Gasteiger partial charge in [0, 0.05) is 11.6 Å². The van der Waals surface area contributed by atoms with Crippen LogP contribution in [0.15, 0.2) is 0 Å². The Hall–Kier alpha value is -0.120. The number of nitrogens with two attached hydrogens (primary N) is 1. The van der Waals surface area contributed by atoms with Gasteiger partial charge >= 0.3 is 0 Å². The topological polar surface area (TPSA) is 49.5 Å². The third-order valence-corrected chi connectivity index (χ3v) is 3.28. The molecule has 0 fully saturated rings. The van der Waals surface area contributed by atoms with Crippen molar-refractivity contribution in [2.75, 3.05) is 20.2 Å². The van der Waals surface area contributed by atoms with E-state index in [9.17, 15) is 0 Å². The Morgan fingerprint density at radius 3 is 2.27 bits per heavy atom. The average molecular weight is 216 g/mol. The maximum Gasteiger partial charge on any atom is 0.0608 e. The second-order valence-electron chi connectivity index (χ2n) is 5.38. The van der Waals surface area contributed by atoms with Crippen molar-refractivity contribution in [1.29, 1.82) is 0 Å². The maximum atomic E-state index is 9.02. The third kappa shape index (κ3) is 6.13. The first kappa shape index (κ1) is 14.9. The Bertz CT molecular complexity index is 169. The summed E-state index contributed by atoms with van der Waals surface area (Å²) in [4.78, 5) is 2.36. The van der Waals surface area contributed by atoms with E-state index in [4.69, 9.17) is 10.8 Å². The second kappa shape index (κ2) is 6.46. The van der Waals surface area contributed by atoms with Crippen molar-refractivity contribution < 1.29 is 5.11 Å². The summed E-state index contributed by atoms with van der Waals surface area (Å²) in [5, 5.41) is 9.02. The van der Waals surface area contributed by atoms with Crippen molar-refractivity contribution in [2.24, 2.45) is 11.7 Å². The molecule has 0 heterocycles. The minimum atomic E-state index is -0.415. The predicted molar refractivity (Wildman–Crippen MR) is 65.8 cm³/mol. The lowest BCUT2D eigenvalue weighted by Gasteiger charge is -2.29. The van der Waals surface area contributed by atoms with E-state index in [1.54, 1.807) is 0 Å². The zero-order valence-electron chi connectivity index (χ0n) is 11.0. The van der Waals surface area contributed by atoms with Crippen molar-refractivity contribution in [1.82, 2.24) is 4.90 Å². The van der Waals surface area contributed by atoms with Crippen molar-refractivity contribution >= 4 is 0 Å². The van der Waals surface area contributed by atoms with Gasteiger partial charge < -0.3 is 15.7 Å². The van der Waals surface area contributed by atoms with Crippen molar-refractivity contribution in [3.05, 3.63) is 0 Å². The first-order valence-electron chi connectivity index (χ1n) is 5.90. The lowest BCUT2D eigenvalue weighted by atomic mass is 9.98.